The van der Waals surface area contributed by atoms with Crippen LogP contribution in [0.25, 0.3) is 10.2 Å². The van der Waals surface area contributed by atoms with Crippen molar-refractivity contribution >= 4 is 39.0 Å². The van der Waals surface area contributed by atoms with Crippen LogP contribution in [0.5, 0.6) is 0 Å². The van der Waals surface area contributed by atoms with E-state index in [0.717, 1.165) is 53.4 Å². The maximum absolute atomic E-state index is 13.9. The molecule has 1 N–H and O–H groups in total. The molecule has 140 valence electrons. The molecule has 0 aliphatic carbocycles. The molecule has 1 fully saturated rings. The van der Waals surface area contributed by atoms with Crippen LogP contribution >= 0.6 is 11.3 Å². The first-order valence-corrected chi connectivity index (χ1v) is 9.91. The second-order valence-electron chi connectivity index (χ2n) is 7.04. The van der Waals surface area contributed by atoms with Gasteiger partial charge in [0.2, 0.25) is 0 Å². The van der Waals surface area contributed by atoms with Crippen LogP contribution in [0.15, 0.2) is 30.6 Å². The van der Waals surface area contributed by atoms with Crippen molar-refractivity contribution in [1.82, 2.24) is 9.97 Å². The Morgan fingerprint density at radius 3 is 2.74 bits per heavy atom. The number of nitrogens with one attached hydrogen (secondary N) is 1. The van der Waals surface area contributed by atoms with Gasteiger partial charge in [-0.3, -0.25) is 4.79 Å². The van der Waals surface area contributed by atoms with E-state index in [4.69, 9.17) is 0 Å². The van der Waals surface area contributed by atoms with E-state index in [1.54, 1.807) is 24.5 Å². The molecule has 27 heavy (non-hydrogen) atoms. The number of carbonyl (C=O) groups is 1. The van der Waals surface area contributed by atoms with Crippen molar-refractivity contribution in [2.45, 2.75) is 26.7 Å². The summed E-state index contributed by atoms with van der Waals surface area (Å²) in [7, 11) is 0. The van der Waals surface area contributed by atoms with Crippen molar-refractivity contribution in [3.8, 4) is 0 Å². The SMILES string of the molecule is Cc1c(C(=O)Nc2ccccc2F)sc2ncnc(N3CCC(C)CC3)c12. The highest BCUT2D eigenvalue weighted by Gasteiger charge is 2.24. The maximum atomic E-state index is 13.9. The monoisotopic (exact) mass is 384 g/mol. The zero-order valence-corrected chi connectivity index (χ0v) is 16.1. The minimum atomic E-state index is -0.451. The van der Waals surface area contributed by atoms with Gasteiger partial charge in [-0.25, -0.2) is 14.4 Å². The summed E-state index contributed by atoms with van der Waals surface area (Å²) in [6.45, 7) is 6.10. The molecule has 3 aromatic rings. The van der Waals surface area contributed by atoms with Gasteiger partial charge in [-0.2, -0.15) is 0 Å². The highest BCUT2D eigenvalue weighted by molar-refractivity contribution is 7.20. The lowest BCUT2D eigenvalue weighted by Gasteiger charge is -2.31. The molecule has 0 bridgehead atoms. The van der Waals surface area contributed by atoms with Gasteiger partial charge in [0.1, 0.15) is 22.8 Å². The Balaban J connectivity index is 1.69. The highest BCUT2D eigenvalue weighted by Crippen LogP contribution is 2.36. The number of benzene rings is 1. The van der Waals surface area contributed by atoms with Crippen molar-refractivity contribution in [3.63, 3.8) is 0 Å². The Bertz CT molecular complexity index is 995. The molecule has 1 aliphatic heterocycles. The molecule has 1 amide bonds. The molecule has 5 nitrogen and oxygen atoms in total. The summed E-state index contributed by atoms with van der Waals surface area (Å²) in [6.07, 6.45) is 3.83. The summed E-state index contributed by atoms with van der Waals surface area (Å²) in [6, 6.07) is 6.17. The minimum absolute atomic E-state index is 0.177. The molecule has 7 heteroatoms. The van der Waals surface area contributed by atoms with E-state index in [9.17, 15) is 9.18 Å². The zero-order valence-electron chi connectivity index (χ0n) is 15.3. The third-order valence-electron chi connectivity index (χ3n) is 5.12. The fourth-order valence-electron chi connectivity index (χ4n) is 3.47. The van der Waals surface area contributed by atoms with E-state index in [0.29, 0.717) is 4.88 Å². The van der Waals surface area contributed by atoms with Gasteiger partial charge in [0.15, 0.2) is 0 Å². The molecule has 3 heterocycles. The molecule has 1 saturated heterocycles. The third-order valence-corrected chi connectivity index (χ3v) is 6.32. The Morgan fingerprint density at radius 1 is 1.26 bits per heavy atom. The summed E-state index contributed by atoms with van der Waals surface area (Å²) in [5.41, 5.74) is 1.02. The van der Waals surface area contributed by atoms with Gasteiger partial charge in [0.05, 0.1) is 16.0 Å². The van der Waals surface area contributed by atoms with Crippen LogP contribution in [-0.4, -0.2) is 29.0 Å². The van der Waals surface area contributed by atoms with Crippen molar-refractivity contribution in [2.75, 3.05) is 23.3 Å². The maximum Gasteiger partial charge on any atom is 0.266 e. The first-order chi connectivity index (χ1) is 13.0. The normalized spacial score (nSPS) is 15.3. The summed E-state index contributed by atoms with van der Waals surface area (Å²) in [5, 5.41) is 3.59. The molecule has 0 atom stereocenters. The van der Waals surface area contributed by atoms with Crippen molar-refractivity contribution in [1.29, 1.82) is 0 Å². The lowest BCUT2D eigenvalue weighted by Crippen LogP contribution is -2.33. The van der Waals surface area contributed by atoms with E-state index >= 15 is 0 Å². The standard InChI is InChI=1S/C20H21FN4OS/c1-12-7-9-25(10-8-12)18-16-13(2)17(27-20(16)23-11-22-18)19(26)24-15-6-4-3-5-14(15)21/h3-6,11-12H,7-10H2,1-2H3,(H,24,26). The van der Waals surface area contributed by atoms with Crippen LogP contribution in [0.4, 0.5) is 15.9 Å². The molecule has 0 spiro atoms. The number of piperidine rings is 1. The predicted molar refractivity (Wildman–Crippen MR) is 107 cm³/mol. The van der Waals surface area contributed by atoms with Crippen LogP contribution in [0.3, 0.4) is 0 Å². The number of carbonyl (C=O) groups excluding carboxylic acids is 1. The van der Waals surface area contributed by atoms with Crippen LogP contribution in [0, 0.1) is 18.7 Å². The number of para-hydroxylation sites is 1. The second-order valence-corrected chi connectivity index (χ2v) is 8.04. The molecule has 4 rings (SSSR count). The number of amides is 1. The van der Waals surface area contributed by atoms with E-state index in [1.807, 2.05) is 6.92 Å². The van der Waals surface area contributed by atoms with Crippen molar-refractivity contribution < 1.29 is 9.18 Å². The quantitative estimate of drug-likeness (QED) is 0.715. The number of aromatic nitrogens is 2. The number of halogens is 1. The first-order valence-electron chi connectivity index (χ1n) is 9.09. The van der Waals surface area contributed by atoms with Crippen LogP contribution in [0.2, 0.25) is 0 Å². The minimum Gasteiger partial charge on any atom is -0.356 e. The van der Waals surface area contributed by atoms with Gasteiger partial charge in [0.25, 0.3) is 5.91 Å². The van der Waals surface area contributed by atoms with E-state index < -0.39 is 5.82 Å². The Kier molecular flexibility index (Phi) is 4.78. The van der Waals surface area contributed by atoms with Gasteiger partial charge < -0.3 is 10.2 Å². The number of nitrogens with zero attached hydrogens (tertiary/aromatic N) is 3. The van der Waals surface area contributed by atoms with E-state index in [1.165, 1.54) is 17.4 Å². The fourth-order valence-corrected chi connectivity index (χ4v) is 4.51. The number of aryl methyl sites for hydroxylation is 1. The van der Waals surface area contributed by atoms with Crippen LogP contribution < -0.4 is 10.2 Å². The van der Waals surface area contributed by atoms with Gasteiger partial charge >= 0.3 is 0 Å². The molecular weight excluding hydrogens is 363 g/mol. The predicted octanol–water partition coefficient (Wildman–Crippen LogP) is 4.63. The number of hydrogen-bond donors (Lipinski definition) is 1. The van der Waals surface area contributed by atoms with Crippen molar-refractivity contribution in [2.24, 2.45) is 5.92 Å². The molecule has 0 saturated carbocycles. The summed E-state index contributed by atoms with van der Waals surface area (Å²) in [5.74, 6) is 0.848. The number of anilines is 2. The summed E-state index contributed by atoms with van der Waals surface area (Å²) < 4.78 is 13.9. The largest absolute Gasteiger partial charge is 0.356 e. The summed E-state index contributed by atoms with van der Waals surface area (Å²) >= 11 is 1.32. The lowest BCUT2D eigenvalue weighted by atomic mass is 9.99. The van der Waals surface area contributed by atoms with E-state index in [2.05, 4.69) is 27.1 Å². The first kappa shape index (κ1) is 17.9. The Labute approximate surface area is 161 Å². The molecule has 0 unspecified atom stereocenters. The zero-order chi connectivity index (χ0) is 19.0. The molecule has 0 radical (unpaired) electrons. The summed E-state index contributed by atoms with van der Waals surface area (Å²) in [4.78, 5) is 25.3. The van der Waals surface area contributed by atoms with Gasteiger partial charge in [-0.1, -0.05) is 19.1 Å². The smallest absolute Gasteiger partial charge is 0.266 e. The second kappa shape index (κ2) is 7.23. The van der Waals surface area contributed by atoms with Crippen LogP contribution in [0.1, 0.15) is 35.0 Å². The van der Waals surface area contributed by atoms with Crippen molar-refractivity contribution in [3.05, 3.63) is 46.9 Å². The average molecular weight is 384 g/mol. The molecule has 1 aromatic carbocycles. The third kappa shape index (κ3) is 3.39. The van der Waals surface area contributed by atoms with E-state index in [-0.39, 0.29) is 11.6 Å². The number of fused-ring (bicyclic) bond motifs is 1. The highest BCUT2D eigenvalue weighted by atomic mass is 32.1. The van der Waals surface area contributed by atoms with Gasteiger partial charge in [0, 0.05) is 13.1 Å². The lowest BCUT2D eigenvalue weighted by molar-refractivity contribution is 0.102. The molecular formula is C20H21FN4OS. The average Bonchev–Trinajstić information content (AvgIpc) is 3.01. The number of thiophene rings is 1. The van der Waals surface area contributed by atoms with Gasteiger partial charge in [-0.05, 0) is 43.4 Å². The Morgan fingerprint density at radius 2 is 2.00 bits per heavy atom. The number of hydrogen-bond acceptors (Lipinski definition) is 5. The number of rotatable bonds is 3. The molecule has 2 aromatic heterocycles. The fraction of sp³-hybridized carbons (Fsp3) is 0.350. The van der Waals surface area contributed by atoms with Gasteiger partial charge in [-0.15, -0.1) is 11.3 Å². The van der Waals surface area contributed by atoms with Crippen LogP contribution in [-0.2, 0) is 0 Å². The Hall–Kier alpha value is -2.54. The topological polar surface area (TPSA) is 58.1 Å². The molecule has 1 aliphatic rings.